The first-order valence-electron chi connectivity index (χ1n) is 11.7. The number of likely N-dealkylation sites (N-methyl/N-ethyl adjacent to an activating group) is 1. The zero-order chi connectivity index (χ0) is 19.1. The molecule has 0 spiro atoms. The summed E-state index contributed by atoms with van der Waals surface area (Å²) >= 11 is 0. The number of likely N-dealkylation sites (tertiary alicyclic amines) is 2. The van der Waals surface area contributed by atoms with Gasteiger partial charge in [-0.05, 0) is 88.9 Å². The Bertz CT molecular complexity index is 631. The lowest BCUT2D eigenvalue weighted by atomic mass is 9.84. The molecule has 1 saturated carbocycles. The molecule has 0 amide bonds. The summed E-state index contributed by atoms with van der Waals surface area (Å²) in [6.45, 7) is 7.24. The Hall–Kier alpha value is -1.20. The Balaban J connectivity index is 1.18. The summed E-state index contributed by atoms with van der Waals surface area (Å²) in [5.74, 6) is 2.56. The monoisotopic (exact) mass is 383 g/mol. The molecule has 5 nitrogen and oxygen atoms in total. The highest BCUT2D eigenvalue weighted by atomic mass is 15.4. The van der Waals surface area contributed by atoms with Crippen LogP contribution in [-0.4, -0.2) is 71.1 Å². The summed E-state index contributed by atoms with van der Waals surface area (Å²) < 4.78 is 0. The van der Waals surface area contributed by atoms with Crippen LogP contribution in [-0.2, 0) is 0 Å². The van der Waals surface area contributed by atoms with Crippen LogP contribution in [0, 0.1) is 5.92 Å². The third-order valence-electron chi connectivity index (χ3n) is 8.06. The molecular formula is C23H37N5. The average molecular weight is 384 g/mol. The van der Waals surface area contributed by atoms with Crippen molar-refractivity contribution in [3.8, 4) is 0 Å². The average Bonchev–Trinajstić information content (AvgIpc) is 3.00. The van der Waals surface area contributed by atoms with E-state index in [1.807, 2.05) is 0 Å². The summed E-state index contributed by atoms with van der Waals surface area (Å²) in [6, 6.07) is 2.07. The van der Waals surface area contributed by atoms with Gasteiger partial charge in [-0.25, -0.2) is 9.97 Å². The van der Waals surface area contributed by atoms with E-state index in [0.717, 1.165) is 31.0 Å². The molecule has 5 heteroatoms. The van der Waals surface area contributed by atoms with E-state index in [2.05, 4.69) is 41.1 Å². The van der Waals surface area contributed by atoms with Crippen LogP contribution in [0.1, 0.15) is 69.8 Å². The minimum atomic E-state index is 0.607. The highest BCUT2D eigenvalue weighted by Gasteiger charge is 2.40. The van der Waals surface area contributed by atoms with Crippen LogP contribution in [0.25, 0.3) is 0 Å². The highest BCUT2D eigenvalue weighted by molar-refractivity contribution is 5.38. The van der Waals surface area contributed by atoms with Crippen molar-refractivity contribution >= 4 is 5.95 Å². The molecule has 0 aromatic carbocycles. The molecule has 4 aliphatic rings. The Kier molecular flexibility index (Phi) is 5.31. The molecule has 3 aliphatic heterocycles. The van der Waals surface area contributed by atoms with Gasteiger partial charge in [-0.3, -0.25) is 0 Å². The largest absolute Gasteiger partial charge is 0.332 e. The van der Waals surface area contributed by atoms with Gasteiger partial charge in [0, 0.05) is 43.6 Å². The van der Waals surface area contributed by atoms with Gasteiger partial charge in [-0.1, -0.05) is 6.92 Å². The predicted octanol–water partition coefficient (Wildman–Crippen LogP) is 3.52. The molecule has 154 valence electrons. The summed E-state index contributed by atoms with van der Waals surface area (Å²) in [4.78, 5) is 17.4. The van der Waals surface area contributed by atoms with Crippen molar-refractivity contribution < 1.29 is 0 Å². The number of rotatable bonds is 3. The Labute approximate surface area is 170 Å². The molecule has 1 aromatic heterocycles. The molecule has 2 unspecified atom stereocenters. The van der Waals surface area contributed by atoms with Crippen molar-refractivity contribution in [2.24, 2.45) is 5.92 Å². The van der Waals surface area contributed by atoms with E-state index in [1.165, 1.54) is 70.0 Å². The van der Waals surface area contributed by atoms with Gasteiger partial charge in [-0.15, -0.1) is 0 Å². The maximum absolute atomic E-state index is 4.84. The fourth-order valence-corrected chi connectivity index (χ4v) is 6.32. The van der Waals surface area contributed by atoms with Gasteiger partial charge in [0.2, 0.25) is 5.95 Å². The Morgan fingerprint density at radius 1 is 0.786 bits per heavy atom. The van der Waals surface area contributed by atoms with Crippen molar-refractivity contribution in [2.75, 3.05) is 38.1 Å². The number of anilines is 1. The standard InChI is InChI=1S/C23H37N5/c1-17-3-5-20(6-4-17)27-11-9-18(10-12-27)19-13-24-23(25-14-19)28-21-7-8-22(28)16-26(2)15-21/h13-14,17-18,20-22H,3-12,15-16H2,1-2H3. The maximum atomic E-state index is 4.84. The molecule has 0 N–H and O–H groups in total. The summed E-state index contributed by atoms with van der Waals surface area (Å²) in [7, 11) is 2.24. The third-order valence-corrected chi connectivity index (χ3v) is 8.06. The summed E-state index contributed by atoms with van der Waals surface area (Å²) in [5.41, 5.74) is 1.36. The van der Waals surface area contributed by atoms with Crippen LogP contribution in [0.3, 0.4) is 0 Å². The van der Waals surface area contributed by atoms with Gasteiger partial charge in [-0.2, -0.15) is 0 Å². The fraction of sp³-hybridized carbons (Fsp3) is 0.826. The van der Waals surface area contributed by atoms with Gasteiger partial charge in [0.1, 0.15) is 0 Å². The van der Waals surface area contributed by atoms with E-state index in [9.17, 15) is 0 Å². The smallest absolute Gasteiger partial charge is 0.225 e. The molecule has 1 aliphatic carbocycles. The molecule has 1 aromatic rings. The van der Waals surface area contributed by atoms with E-state index < -0.39 is 0 Å². The van der Waals surface area contributed by atoms with Crippen LogP contribution in [0.2, 0.25) is 0 Å². The SMILES string of the molecule is CC1CCC(N2CCC(c3cnc(N4C5CCC4CN(C)C5)nc3)CC2)CC1. The first kappa shape index (κ1) is 18.8. The second kappa shape index (κ2) is 7.91. The lowest BCUT2D eigenvalue weighted by Crippen LogP contribution is -2.53. The normalized spacial score (nSPS) is 35.4. The zero-order valence-electron chi connectivity index (χ0n) is 17.8. The minimum absolute atomic E-state index is 0.607. The van der Waals surface area contributed by atoms with Crippen molar-refractivity contribution in [2.45, 2.75) is 82.3 Å². The van der Waals surface area contributed by atoms with Crippen LogP contribution in [0.5, 0.6) is 0 Å². The minimum Gasteiger partial charge on any atom is -0.332 e. The number of nitrogens with zero attached hydrogens (tertiary/aromatic N) is 5. The maximum Gasteiger partial charge on any atom is 0.225 e. The number of aromatic nitrogens is 2. The zero-order valence-corrected chi connectivity index (χ0v) is 17.8. The first-order chi connectivity index (χ1) is 13.7. The molecule has 28 heavy (non-hydrogen) atoms. The van der Waals surface area contributed by atoms with Crippen LogP contribution in [0.15, 0.2) is 12.4 Å². The molecule has 2 atom stereocenters. The topological polar surface area (TPSA) is 35.5 Å². The van der Waals surface area contributed by atoms with Crippen molar-refractivity contribution in [3.63, 3.8) is 0 Å². The van der Waals surface area contributed by atoms with Gasteiger partial charge in [0.15, 0.2) is 0 Å². The summed E-state index contributed by atoms with van der Waals surface area (Å²) in [5, 5.41) is 0. The van der Waals surface area contributed by atoms with E-state index >= 15 is 0 Å². The number of piperidine rings is 1. The third kappa shape index (κ3) is 3.68. The van der Waals surface area contributed by atoms with Gasteiger partial charge in [0.25, 0.3) is 0 Å². The quantitative estimate of drug-likeness (QED) is 0.798. The van der Waals surface area contributed by atoms with E-state index in [4.69, 9.17) is 9.97 Å². The van der Waals surface area contributed by atoms with Crippen molar-refractivity contribution in [1.82, 2.24) is 19.8 Å². The molecule has 3 saturated heterocycles. The molecule has 0 radical (unpaired) electrons. The van der Waals surface area contributed by atoms with Gasteiger partial charge < -0.3 is 14.7 Å². The van der Waals surface area contributed by atoms with Crippen LogP contribution >= 0.6 is 0 Å². The summed E-state index contributed by atoms with van der Waals surface area (Å²) in [6.07, 6.45) is 15.1. The number of hydrogen-bond acceptors (Lipinski definition) is 5. The highest BCUT2D eigenvalue weighted by Crippen LogP contribution is 2.35. The molecule has 2 bridgehead atoms. The lowest BCUT2D eigenvalue weighted by molar-refractivity contribution is 0.110. The fourth-order valence-electron chi connectivity index (χ4n) is 6.32. The van der Waals surface area contributed by atoms with Crippen LogP contribution in [0.4, 0.5) is 5.95 Å². The molecule has 4 fully saturated rings. The number of piperazine rings is 1. The lowest BCUT2D eigenvalue weighted by Gasteiger charge is -2.40. The first-order valence-corrected chi connectivity index (χ1v) is 11.7. The predicted molar refractivity (Wildman–Crippen MR) is 114 cm³/mol. The van der Waals surface area contributed by atoms with Crippen LogP contribution < -0.4 is 4.90 Å². The second-order valence-electron chi connectivity index (χ2n) is 10.1. The Morgan fingerprint density at radius 2 is 1.36 bits per heavy atom. The molecular weight excluding hydrogens is 346 g/mol. The number of hydrogen-bond donors (Lipinski definition) is 0. The Morgan fingerprint density at radius 3 is 1.96 bits per heavy atom. The van der Waals surface area contributed by atoms with Crippen molar-refractivity contribution in [3.05, 3.63) is 18.0 Å². The number of fused-ring (bicyclic) bond motifs is 2. The molecule has 5 rings (SSSR count). The molecule has 4 heterocycles. The van der Waals surface area contributed by atoms with Gasteiger partial charge >= 0.3 is 0 Å². The van der Waals surface area contributed by atoms with Gasteiger partial charge in [0.05, 0.1) is 0 Å². The second-order valence-corrected chi connectivity index (χ2v) is 10.1. The van der Waals surface area contributed by atoms with E-state index in [-0.39, 0.29) is 0 Å². The van der Waals surface area contributed by atoms with E-state index in [0.29, 0.717) is 18.0 Å². The van der Waals surface area contributed by atoms with E-state index in [1.54, 1.807) is 0 Å². The van der Waals surface area contributed by atoms with Crippen molar-refractivity contribution in [1.29, 1.82) is 0 Å².